The summed E-state index contributed by atoms with van der Waals surface area (Å²) in [6.45, 7) is 0. The molecule has 1 atom stereocenters. The topological polar surface area (TPSA) is 9.23 Å². The molecule has 0 fully saturated rings. The first-order chi connectivity index (χ1) is 6.86. The third-order valence-electron chi connectivity index (χ3n) is 1.92. The van der Waals surface area contributed by atoms with Gasteiger partial charge in [0.05, 0.1) is 6.10 Å². The number of methoxy groups -OCH3 is 1. The molecule has 0 radical (unpaired) electrons. The van der Waals surface area contributed by atoms with Crippen molar-refractivity contribution in [2.75, 3.05) is 18.7 Å². The number of benzene rings is 1. The van der Waals surface area contributed by atoms with Crippen molar-refractivity contribution in [1.82, 2.24) is 0 Å². The van der Waals surface area contributed by atoms with Crippen molar-refractivity contribution in [2.45, 2.75) is 11.9 Å². The van der Waals surface area contributed by atoms with Crippen molar-refractivity contribution >= 4 is 23.4 Å². The van der Waals surface area contributed by atoms with Crippen molar-refractivity contribution in [3.63, 3.8) is 0 Å². The molecule has 1 unspecified atom stereocenters. The van der Waals surface area contributed by atoms with Crippen LogP contribution in [-0.4, -0.2) is 24.8 Å². The van der Waals surface area contributed by atoms with Crippen LogP contribution >= 0.6 is 23.4 Å². The Morgan fingerprint density at radius 2 is 2.07 bits per heavy atom. The molecule has 0 heterocycles. The lowest BCUT2D eigenvalue weighted by atomic mass is 10.2. The summed E-state index contributed by atoms with van der Waals surface area (Å²) >= 11 is 7.57. The van der Waals surface area contributed by atoms with E-state index in [9.17, 15) is 0 Å². The number of hydrogen-bond acceptors (Lipinski definition) is 2. The SMILES string of the molecule is COC(CCl)CSCc1ccccc1. The summed E-state index contributed by atoms with van der Waals surface area (Å²) in [7, 11) is 1.70. The number of halogens is 1. The number of ether oxygens (including phenoxy) is 1. The van der Waals surface area contributed by atoms with Crippen LogP contribution in [0.25, 0.3) is 0 Å². The average Bonchev–Trinajstić information content (AvgIpc) is 2.26. The van der Waals surface area contributed by atoms with Gasteiger partial charge in [-0.3, -0.25) is 0 Å². The van der Waals surface area contributed by atoms with Crippen LogP contribution in [0.2, 0.25) is 0 Å². The molecule has 0 saturated carbocycles. The highest BCUT2D eigenvalue weighted by Gasteiger charge is 2.04. The summed E-state index contributed by atoms with van der Waals surface area (Å²) in [5.74, 6) is 2.55. The van der Waals surface area contributed by atoms with Gasteiger partial charge in [0, 0.05) is 24.5 Å². The minimum Gasteiger partial charge on any atom is -0.379 e. The van der Waals surface area contributed by atoms with E-state index in [1.54, 1.807) is 7.11 Å². The molecule has 1 aromatic rings. The summed E-state index contributed by atoms with van der Waals surface area (Å²) in [6.07, 6.45) is 0.172. The van der Waals surface area contributed by atoms with Crippen LogP contribution in [0.4, 0.5) is 0 Å². The highest BCUT2D eigenvalue weighted by molar-refractivity contribution is 7.98. The van der Waals surface area contributed by atoms with E-state index in [1.165, 1.54) is 5.56 Å². The molecule has 1 nitrogen and oxygen atoms in total. The Hall–Kier alpha value is -0.180. The molecule has 0 bridgehead atoms. The largest absolute Gasteiger partial charge is 0.379 e. The number of alkyl halides is 1. The molecular weight excluding hydrogens is 216 g/mol. The number of thioether (sulfide) groups is 1. The van der Waals surface area contributed by atoms with E-state index in [4.69, 9.17) is 16.3 Å². The van der Waals surface area contributed by atoms with Crippen LogP contribution in [0.3, 0.4) is 0 Å². The number of hydrogen-bond donors (Lipinski definition) is 0. The van der Waals surface area contributed by atoms with Gasteiger partial charge in [0.15, 0.2) is 0 Å². The van der Waals surface area contributed by atoms with Crippen molar-refractivity contribution in [3.05, 3.63) is 35.9 Å². The maximum Gasteiger partial charge on any atom is 0.0796 e. The maximum absolute atomic E-state index is 5.71. The zero-order valence-electron chi connectivity index (χ0n) is 8.28. The van der Waals surface area contributed by atoms with Crippen LogP contribution in [0.15, 0.2) is 30.3 Å². The van der Waals surface area contributed by atoms with Gasteiger partial charge in [0.25, 0.3) is 0 Å². The van der Waals surface area contributed by atoms with Gasteiger partial charge in [-0.1, -0.05) is 30.3 Å². The second-order valence-electron chi connectivity index (χ2n) is 3.01. The molecule has 0 amide bonds. The molecule has 0 saturated heterocycles. The molecule has 0 aliphatic rings. The molecule has 0 aliphatic carbocycles. The zero-order valence-corrected chi connectivity index (χ0v) is 9.85. The fourth-order valence-electron chi connectivity index (χ4n) is 1.06. The van der Waals surface area contributed by atoms with Gasteiger partial charge in [-0.05, 0) is 5.56 Å². The van der Waals surface area contributed by atoms with Crippen LogP contribution in [-0.2, 0) is 10.5 Å². The Labute approximate surface area is 94.8 Å². The Kier molecular flexibility index (Phi) is 6.08. The van der Waals surface area contributed by atoms with E-state index in [0.29, 0.717) is 5.88 Å². The van der Waals surface area contributed by atoms with Crippen LogP contribution < -0.4 is 0 Å². The fraction of sp³-hybridized carbons (Fsp3) is 0.455. The van der Waals surface area contributed by atoms with Crippen molar-refractivity contribution in [1.29, 1.82) is 0 Å². The molecular formula is C11H15ClOS. The lowest BCUT2D eigenvalue weighted by molar-refractivity contribution is 0.140. The first-order valence-electron chi connectivity index (χ1n) is 4.57. The first-order valence-corrected chi connectivity index (χ1v) is 6.26. The lowest BCUT2D eigenvalue weighted by Gasteiger charge is -2.10. The Morgan fingerprint density at radius 3 is 2.64 bits per heavy atom. The van der Waals surface area contributed by atoms with Gasteiger partial charge in [-0.2, -0.15) is 11.8 Å². The van der Waals surface area contributed by atoms with Crippen LogP contribution in [0.1, 0.15) is 5.56 Å². The molecule has 3 heteroatoms. The van der Waals surface area contributed by atoms with Gasteiger partial charge in [-0.15, -0.1) is 11.6 Å². The minimum atomic E-state index is 0.172. The maximum atomic E-state index is 5.71. The highest BCUT2D eigenvalue weighted by Crippen LogP contribution is 2.14. The standard InChI is InChI=1S/C11H15ClOS/c1-13-11(7-12)9-14-8-10-5-3-2-4-6-10/h2-6,11H,7-9H2,1H3. The summed E-state index contributed by atoms with van der Waals surface area (Å²) in [5, 5.41) is 0. The summed E-state index contributed by atoms with van der Waals surface area (Å²) in [4.78, 5) is 0. The predicted molar refractivity (Wildman–Crippen MR) is 64.1 cm³/mol. The lowest BCUT2D eigenvalue weighted by Crippen LogP contribution is -2.15. The summed E-state index contributed by atoms with van der Waals surface area (Å²) in [6, 6.07) is 10.4. The second kappa shape index (κ2) is 7.16. The minimum absolute atomic E-state index is 0.172. The highest BCUT2D eigenvalue weighted by atomic mass is 35.5. The van der Waals surface area contributed by atoms with Gasteiger partial charge < -0.3 is 4.74 Å². The van der Waals surface area contributed by atoms with Gasteiger partial charge >= 0.3 is 0 Å². The first kappa shape index (κ1) is 11.9. The summed E-state index contributed by atoms with van der Waals surface area (Å²) < 4.78 is 5.18. The average molecular weight is 231 g/mol. The van der Waals surface area contributed by atoms with Gasteiger partial charge in [0.1, 0.15) is 0 Å². The van der Waals surface area contributed by atoms with E-state index >= 15 is 0 Å². The normalized spacial score (nSPS) is 12.7. The van der Waals surface area contributed by atoms with E-state index in [2.05, 4.69) is 24.3 Å². The van der Waals surface area contributed by atoms with Crippen molar-refractivity contribution in [2.24, 2.45) is 0 Å². The number of rotatable bonds is 6. The smallest absolute Gasteiger partial charge is 0.0796 e. The van der Waals surface area contributed by atoms with E-state index in [1.807, 2.05) is 17.8 Å². The van der Waals surface area contributed by atoms with Crippen molar-refractivity contribution < 1.29 is 4.74 Å². The third-order valence-corrected chi connectivity index (χ3v) is 3.41. The van der Waals surface area contributed by atoms with Crippen LogP contribution in [0, 0.1) is 0 Å². The predicted octanol–water partition coefficient (Wildman–Crippen LogP) is 3.17. The van der Waals surface area contributed by atoms with Crippen LogP contribution in [0.5, 0.6) is 0 Å². The quantitative estimate of drug-likeness (QED) is 0.695. The van der Waals surface area contributed by atoms with E-state index in [-0.39, 0.29) is 6.10 Å². The molecule has 1 aromatic carbocycles. The van der Waals surface area contributed by atoms with Gasteiger partial charge in [-0.25, -0.2) is 0 Å². The molecule has 0 aromatic heterocycles. The zero-order chi connectivity index (χ0) is 10.2. The van der Waals surface area contributed by atoms with Gasteiger partial charge in [0.2, 0.25) is 0 Å². The van der Waals surface area contributed by atoms with E-state index < -0.39 is 0 Å². The summed E-state index contributed by atoms with van der Waals surface area (Å²) in [5.41, 5.74) is 1.35. The molecule has 0 N–H and O–H groups in total. The Morgan fingerprint density at radius 1 is 1.36 bits per heavy atom. The Balaban J connectivity index is 2.21. The molecule has 0 aliphatic heterocycles. The Bertz CT molecular complexity index is 236. The third kappa shape index (κ3) is 4.36. The second-order valence-corrected chi connectivity index (χ2v) is 4.35. The monoisotopic (exact) mass is 230 g/mol. The molecule has 78 valence electrons. The van der Waals surface area contributed by atoms with E-state index in [0.717, 1.165) is 11.5 Å². The fourth-order valence-corrected chi connectivity index (χ4v) is 2.49. The molecule has 1 rings (SSSR count). The molecule has 14 heavy (non-hydrogen) atoms. The van der Waals surface area contributed by atoms with Crippen molar-refractivity contribution in [3.8, 4) is 0 Å². The molecule has 0 spiro atoms.